The highest BCUT2D eigenvalue weighted by Gasteiger charge is 2.29. The van der Waals surface area contributed by atoms with Crippen LogP contribution in [-0.4, -0.2) is 47.8 Å². The molecular formula is C14H15N3O4. The lowest BCUT2D eigenvalue weighted by molar-refractivity contribution is -0.139. The molecule has 0 aliphatic carbocycles. The van der Waals surface area contributed by atoms with Crippen LogP contribution in [0, 0.1) is 11.3 Å². The second-order valence-corrected chi connectivity index (χ2v) is 4.64. The molecule has 0 radical (unpaired) electrons. The van der Waals surface area contributed by atoms with Crippen LogP contribution in [0.2, 0.25) is 0 Å². The minimum absolute atomic E-state index is 0.161. The van der Waals surface area contributed by atoms with Gasteiger partial charge >= 0.3 is 12.0 Å². The molecule has 0 spiro atoms. The van der Waals surface area contributed by atoms with Crippen molar-refractivity contribution in [1.82, 2.24) is 4.90 Å². The number of rotatable bonds is 3. The summed E-state index contributed by atoms with van der Waals surface area (Å²) in [6.45, 7) is 0.918. The Labute approximate surface area is 121 Å². The Morgan fingerprint density at radius 1 is 1.52 bits per heavy atom. The second kappa shape index (κ2) is 6.72. The van der Waals surface area contributed by atoms with E-state index >= 15 is 0 Å². The Morgan fingerprint density at radius 2 is 2.33 bits per heavy atom. The van der Waals surface area contributed by atoms with Crippen molar-refractivity contribution in [3.05, 3.63) is 29.8 Å². The topological polar surface area (TPSA) is 103 Å². The largest absolute Gasteiger partial charge is 0.481 e. The van der Waals surface area contributed by atoms with Crippen molar-refractivity contribution in [3.8, 4) is 6.07 Å². The highest BCUT2D eigenvalue weighted by Crippen LogP contribution is 2.15. The molecule has 1 aliphatic rings. The molecule has 1 unspecified atom stereocenters. The van der Waals surface area contributed by atoms with Crippen molar-refractivity contribution in [2.24, 2.45) is 0 Å². The third-order valence-corrected chi connectivity index (χ3v) is 3.14. The molecule has 0 aromatic heterocycles. The number of hydrogen-bond acceptors (Lipinski definition) is 4. The van der Waals surface area contributed by atoms with Gasteiger partial charge in [0.2, 0.25) is 0 Å². The summed E-state index contributed by atoms with van der Waals surface area (Å²) in [7, 11) is 0. The first-order chi connectivity index (χ1) is 10.1. The summed E-state index contributed by atoms with van der Waals surface area (Å²) < 4.78 is 5.22. The van der Waals surface area contributed by atoms with Crippen LogP contribution in [0.3, 0.4) is 0 Å². The number of urea groups is 1. The van der Waals surface area contributed by atoms with Crippen LogP contribution >= 0.6 is 0 Å². The highest BCUT2D eigenvalue weighted by atomic mass is 16.5. The van der Waals surface area contributed by atoms with Crippen molar-refractivity contribution >= 4 is 17.7 Å². The van der Waals surface area contributed by atoms with Crippen LogP contribution in [-0.2, 0) is 9.53 Å². The molecule has 7 nitrogen and oxygen atoms in total. The molecule has 0 bridgehead atoms. The molecule has 1 aromatic rings. The van der Waals surface area contributed by atoms with Crippen LogP contribution in [0.1, 0.15) is 12.0 Å². The summed E-state index contributed by atoms with van der Waals surface area (Å²) in [5.41, 5.74) is 0.941. The van der Waals surface area contributed by atoms with Crippen molar-refractivity contribution in [2.75, 3.05) is 25.1 Å². The van der Waals surface area contributed by atoms with Crippen LogP contribution in [0.4, 0.5) is 10.5 Å². The van der Waals surface area contributed by atoms with Crippen LogP contribution < -0.4 is 5.32 Å². The van der Waals surface area contributed by atoms with E-state index in [4.69, 9.17) is 15.1 Å². The van der Waals surface area contributed by atoms with Gasteiger partial charge in [0.15, 0.2) is 0 Å². The number of carboxylic acids is 1. The molecule has 1 heterocycles. The summed E-state index contributed by atoms with van der Waals surface area (Å²) in [4.78, 5) is 24.5. The van der Waals surface area contributed by atoms with Crippen LogP contribution in [0.25, 0.3) is 0 Å². The lowest BCUT2D eigenvalue weighted by Gasteiger charge is -2.34. The number of aliphatic carboxylic acids is 1. The number of carbonyl (C=O) groups excluding carboxylic acids is 1. The zero-order valence-electron chi connectivity index (χ0n) is 11.3. The Kier molecular flexibility index (Phi) is 4.74. The Bertz CT molecular complexity index is 582. The van der Waals surface area contributed by atoms with Gasteiger partial charge in [0, 0.05) is 12.2 Å². The van der Waals surface area contributed by atoms with E-state index in [0.29, 0.717) is 24.4 Å². The van der Waals surface area contributed by atoms with Crippen LogP contribution in [0.15, 0.2) is 24.3 Å². The number of nitrogens with one attached hydrogen (secondary N) is 1. The fourth-order valence-electron chi connectivity index (χ4n) is 2.15. The average Bonchev–Trinajstić information content (AvgIpc) is 2.47. The fraction of sp³-hybridized carbons (Fsp3) is 0.357. The molecule has 1 atom stereocenters. The summed E-state index contributed by atoms with van der Waals surface area (Å²) in [6, 6.07) is 7.65. The van der Waals surface area contributed by atoms with E-state index in [0.717, 1.165) is 0 Å². The van der Waals surface area contributed by atoms with E-state index in [1.807, 2.05) is 6.07 Å². The van der Waals surface area contributed by atoms with E-state index in [1.165, 1.54) is 4.90 Å². The van der Waals surface area contributed by atoms with Gasteiger partial charge in [-0.05, 0) is 18.2 Å². The molecule has 1 fully saturated rings. The van der Waals surface area contributed by atoms with Gasteiger partial charge in [-0.25, -0.2) is 4.79 Å². The summed E-state index contributed by atoms with van der Waals surface area (Å²) in [5.74, 6) is -0.977. The van der Waals surface area contributed by atoms with E-state index in [2.05, 4.69) is 5.32 Å². The maximum atomic E-state index is 12.2. The second-order valence-electron chi connectivity index (χ2n) is 4.64. The molecular weight excluding hydrogens is 274 g/mol. The van der Waals surface area contributed by atoms with Crippen molar-refractivity contribution in [3.63, 3.8) is 0 Å². The third kappa shape index (κ3) is 3.94. The summed E-state index contributed by atoms with van der Waals surface area (Å²) >= 11 is 0. The molecule has 7 heteroatoms. The quantitative estimate of drug-likeness (QED) is 0.872. The first-order valence-corrected chi connectivity index (χ1v) is 6.47. The Morgan fingerprint density at radius 3 is 3.05 bits per heavy atom. The number of nitriles is 1. The molecule has 2 rings (SSSR count). The number of anilines is 1. The minimum Gasteiger partial charge on any atom is -0.481 e. The smallest absolute Gasteiger partial charge is 0.322 e. The first-order valence-electron chi connectivity index (χ1n) is 6.47. The molecule has 0 saturated carbocycles. The minimum atomic E-state index is -0.977. The molecule has 2 amide bonds. The number of morpholine rings is 1. The zero-order chi connectivity index (χ0) is 15.2. The normalized spacial score (nSPS) is 17.9. The average molecular weight is 289 g/mol. The molecule has 110 valence electrons. The summed E-state index contributed by atoms with van der Waals surface area (Å²) in [6.07, 6.45) is -0.161. The van der Waals surface area contributed by atoms with Gasteiger partial charge in [-0.2, -0.15) is 5.26 Å². The number of carbonyl (C=O) groups is 2. The first kappa shape index (κ1) is 14.8. The van der Waals surface area contributed by atoms with Gasteiger partial charge in [0.05, 0.1) is 37.3 Å². The molecule has 2 N–H and O–H groups in total. The number of nitrogens with zero attached hydrogens (tertiary/aromatic N) is 2. The van der Waals surface area contributed by atoms with Crippen molar-refractivity contribution in [2.45, 2.75) is 12.5 Å². The Hall–Kier alpha value is -2.59. The maximum Gasteiger partial charge on any atom is 0.322 e. The SMILES string of the molecule is N#Cc1cccc(NC(=O)N2CCOCC2CC(=O)O)c1. The van der Waals surface area contributed by atoms with E-state index in [9.17, 15) is 9.59 Å². The fourth-order valence-corrected chi connectivity index (χ4v) is 2.15. The number of hydrogen-bond donors (Lipinski definition) is 2. The van der Waals surface area contributed by atoms with Gasteiger partial charge in [0.1, 0.15) is 0 Å². The number of carboxylic acid groups (broad SMARTS) is 1. The molecule has 1 aliphatic heterocycles. The predicted octanol–water partition coefficient (Wildman–Crippen LogP) is 1.27. The number of benzene rings is 1. The molecule has 1 aromatic carbocycles. The van der Waals surface area contributed by atoms with E-state index < -0.39 is 12.0 Å². The van der Waals surface area contributed by atoms with E-state index in [-0.39, 0.29) is 19.1 Å². The standard InChI is InChI=1S/C14H15N3O4/c15-8-10-2-1-3-11(6-10)16-14(20)17-4-5-21-9-12(17)7-13(18)19/h1-3,6,12H,4-5,7,9H2,(H,16,20)(H,18,19). The molecule has 1 saturated heterocycles. The van der Waals surface area contributed by atoms with E-state index in [1.54, 1.807) is 24.3 Å². The highest BCUT2D eigenvalue weighted by molar-refractivity contribution is 5.90. The third-order valence-electron chi connectivity index (χ3n) is 3.14. The number of ether oxygens (including phenoxy) is 1. The lowest BCUT2D eigenvalue weighted by atomic mass is 10.1. The van der Waals surface area contributed by atoms with Gasteiger partial charge in [-0.1, -0.05) is 6.07 Å². The zero-order valence-corrected chi connectivity index (χ0v) is 11.3. The predicted molar refractivity (Wildman–Crippen MR) is 73.7 cm³/mol. The van der Waals surface area contributed by atoms with Gasteiger partial charge in [0.25, 0.3) is 0 Å². The monoisotopic (exact) mass is 289 g/mol. The van der Waals surface area contributed by atoms with Crippen molar-refractivity contribution in [1.29, 1.82) is 5.26 Å². The van der Waals surface area contributed by atoms with Gasteiger partial charge in [-0.3, -0.25) is 4.79 Å². The Balaban J connectivity index is 2.06. The van der Waals surface area contributed by atoms with Crippen molar-refractivity contribution < 1.29 is 19.4 Å². The van der Waals surface area contributed by atoms with Gasteiger partial charge in [-0.15, -0.1) is 0 Å². The molecule has 21 heavy (non-hydrogen) atoms. The summed E-state index contributed by atoms with van der Waals surface area (Å²) in [5, 5.41) is 20.4. The van der Waals surface area contributed by atoms with Gasteiger partial charge < -0.3 is 20.1 Å². The number of amides is 2. The maximum absolute atomic E-state index is 12.2. The lowest BCUT2D eigenvalue weighted by Crippen LogP contribution is -2.51. The van der Waals surface area contributed by atoms with Crippen LogP contribution in [0.5, 0.6) is 0 Å².